The van der Waals surface area contributed by atoms with Crippen LogP contribution in [-0.2, 0) is 16.1 Å². The molecule has 0 aromatic heterocycles. The van der Waals surface area contributed by atoms with Crippen molar-refractivity contribution in [2.24, 2.45) is 0 Å². The highest BCUT2D eigenvalue weighted by atomic mass is 32.2. The average molecular weight is 376 g/mol. The summed E-state index contributed by atoms with van der Waals surface area (Å²) >= 11 is 1.46. The molecule has 136 valence electrons. The van der Waals surface area contributed by atoms with Crippen molar-refractivity contribution in [1.29, 1.82) is 5.26 Å². The summed E-state index contributed by atoms with van der Waals surface area (Å²) in [4.78, 5) is 13.0. The number of ether oxygens (including phenoxy) is 1. The minimum atomic E-state index is -0.442. The van der Waals surface area contributed by atoms with Crippen LogP contribution < -0.4 is 5.32 Å². The molecule has 4 nitrogen and oxygen atoms in total. The van der Waals surface area contributed by atoms with Crippen LogP contribution in [0.4, 0.5) is 0 Å². The molecular formula is C22H20N2O2S. The fourth-order valence-electron chi connectivity index (χ4n) is 3.12. The van der Waals surface area contributed by atoms with Crippen LogP contribution >= 0.6 is 11.8 Å². The standard InChI is InChI=1S/C22H20N2O2S/c1-15-19(22(25)26-14-16-9-5-3-6-10-16)20(17-11-7-4-8-12-17)18(13-23)21(24-15)27-2/h3-12,20,24H,14H2,1-2H3. The topological polar surface area (TPSA) is 62.1 Å². The Kier molecular flexibility index (Phi) is 6.00. The van der Waals surface area contributed by atoms with Gasteiger partial charge in [-0.3, -0.25) is 0 Å². The summed E-state index contributed by atoms with van der Waals surface area (Å²) in [7, 11) is 0. The van der Waals surface area contributed by atoms with Crippen molar-refractivity contribution < 1.29 is 9.53 Å². The van der Waals surface area contributed by atoms with Gasteiger partial charge in [0.25, 0.3) is 0 Å². The van der Waals surface area contributed by atoms with Crippen LogP contribution in [0.3, 0.4) is 0 Å². The van der Waals surface area contributed by atoms with Gasteiger partial charge in [-0.05, 0) is 24.3 Å². The number of esters is 1. The van der Waals surface area contributed by atoms with Crippen LogP contribution in [0.15, 0.2) is 82.5 Å². The molecule has 3 rings (SSSR count). The van der Waals surface area contributed by atoms with E-state index >= 15 is 0 Å². The highest BCUT2D eigenvalue weighted by Crippen LogP contribution is 2.40. The minimum Gasteiger partial charge on any atom is -0.457 e. The number of nitrogens with one attached hydrogen (secondary N) is 1. The first-order valence-electron chi connectivity index (χ1n) is 8.57. The molecule has 0 aliphatic carbocycles. The highest BCUT2D eigenvalue weighted by Gasteiger charge is 2.35. The van der Waals surface area contributed by atoms with Gasteiger partial charge in [0.05, 0.1) is 28.2 Å². The van der Waals surface area contributed by atoms with Crippen molar-refractivity contribution in [1.82, 2.24) is 5.32 Å². The number of nitrogens with zero attached hydrogens (tertiary/aromatic N) is 1. The van der Waals surface area contributed by atoms with Gasteiger partial charge < -0.3 is 10.1 Å². The molecule has 1 N–H and O–H groups in total. The molecule has 0 radical (unpaired) electrons. The van der Waals surface area contributed by atoms with E-state index in [-0.39, 0.29) is 6.61 Å². The third kappa shape index (κ3) is 4.07. The highest BCUT2D eigenvalue weighted by molar-refractivity contribution is 8.02. The average Bonchev–Trinajstić information content (AvgIpc) is 2.72. The van der Waals surface area contributed by atoms with Crippen molar-refractivity contribution in [3.8, 4) is 6.07 Å². The SMILES string of the molecule is CSC1=C(C#N)C(c2ccccc2)C(C(=O)OCc2ccccc2)=C(C)N1. The van der Waals surface area contributed by atoms with Crippen molar-refractivity contribution in [3.05, 3.63) is 93.7 Å². The molecular weight excluding hydrogens is 356 g/mol. The lowest BCUT2D eigenvalue weighted by Gasteiger charge is -2.29. The van der Waals surface area contributed by atoms with Gasteiger partial charge in [0.2, 0.25) is 0 Å². The first kappa shape index (κ1) is 18.8. The van der Waals surface area contributed by atoms with E-state index in [0.29, 0.717) is 16.8 Å². The zero-order valence-electron chi connectivity index (χ0n) is 15.2. The molecule has 0 saturated heterocycles. The number of carbonyl (C=O) groups excluding carboxylic acids is 1. The normalized spacial score (nSPS) is 16.6. The fraction of sp³-hybridized carbons (Fsp3) is 0.182. The molecule has 5 heteroatoms. The van der Waals surface area contributed by atoms with E-state index in [2.05, 4.69) is 11.4 Å². The lowest BCUT2D eigenvalue weighted by atomic mass is 9.82. The summed E-state index contributed by atoms with van der Waals surface area (Å²) in [6, 6.07) is 21.4. The Labute approximate surface area is 163 Å². The smallest absolute Gasteiger partial charge is 0.337 e. The van der Waals surface area contributed by atoms with Gasteiger partial charge in [-0.2, -0.15) is 5.26 Å². The van der Waals surface area contributed by atoms with Gasteiger partial charge in [-0.15, -0.1) is 11.8 Å². The Hall–Kier alpha value is -2.97. The van der Waals surface area contributed by atoms with E-state index in [9.17, 15) is 10.1 Å². The molecule has 1 aliphatic heterocycles. The predicted octanol–water partition coefficient (Wildman–Crippen LogP) is 4.49. The second-order valence-electron chi connectivity index (χ2n) is 6.13. The van der Waals surface area contributed by atoms with E-state index in [1.807, 2.05) is 73.8 Å². The van der Waals surface area contributed by atoms with Crippen molar-refractivity contribution in [2.75, 3.05) is 6.26 Å². The van der Waals surface area contributed by atoms with E-state index < -0.39 is 11.9 Å². The number of allylic oxidation sites excluding steroid dienone is 2. The van der Waals surface area contributed by atoms with E-state index in [1.165, 1.54) is 11.8 Å². The number of hydrogen-bond acceptors (Lipinski definition) is 5. The summed E-state index contributed by atoms with van der Waals surface area (Å²) in [5.41, 5.74) is 3.54. The van der Waals surface area contributed by atoms with Crippen LogP contribution in [0.1, 0.15) is 24.0 Å². The zero-order chi connectivity index (χ0) is 19.2. The Morgan fingerprint density at radius 2 is 1.78 bits per heavy atom. The van der Waals surface area contributed by atoms with E-state index in [0.717, 1.165) is 16.2 Å². The summed E-state index contributed by atoms with van der Waals surface area (Å²) in [5.74, 6) is -0.853. The molecule has 0 bridgehead atoms. The molecule has 0 saturated carbocycles. The van der Waals surface area contributed by atoms with Gasteiger partial charge in [0.15, 0.2) is 0 Å². The summed E-state index contributed by atoms with van der Waals surface area (Å²) in [6.45, 7) is 2.04. The lowest BCUT2D eigenvalue weighted by Crippen LogP contribution is -2.28. The maximum atomic E-state index is 13.0. The molecule has 0 fully saturated rings. The van der Waals surface area contributed by atoms with E-state index in [4.69, 9.17) is 4.74 Å². The maximum absolute atomic E-state index is 13.0. The van der Waals surface area contributed by atoms with Crippen molar-refractivity contribution in [2.45, 2.75) is 19.4 Å². The first-order chi connectivity index (χ1) is 13.2. The third-order valence-corrected chi connectivity index (χ3v) is 5.15. The number of thioether (sulfide) groups is 1. The number of rotatable bonds is 5. The number of carbonyl (C=O) groups is 1. The molecule has 1 heterocycles. The third-order valence-electron chi connectivity index (χ3n) is 4.42. The van der Waals surface area contributed by atoms with Crippen LogP contribution in [0.25, 0.3) is 0 Å². The van der Waals surface area contributed by atoms with Gasteiger partial charge in [0.1, 0.15) is 6.61 Å². The predicted molar refractivity (Wildman–Crippen MR) is 107 cm³/mol. The molecule has 2 aromatic rings. The molecule has 1 unspecified atom stereocenters. The first-order valence-corrected chi connectivity index (χ1v) is 9.80. The minimum absolute atomic E-state index is 0.193. The molecule has 27 heavy (non-hydrogen) atoms. The second-order valence-corrected chi connectivity index (χ2v) is 6.94. The van der Waals surface area contributed by atoms with Crippen LogP contribution in [0, 0.1) is 11.3 Å². The van der Waals surface area contributed by atoms with Gasteiger partial charge in [-0.25, -0.2) is 4.79 Å². The quantitative estimate of drug-likeness (QED) is 0.779. The Bertz CT molecular complexity index is 928. The van der Waals surface area contributed by atoms with Crippen LogP contribution in [-0.4, -0.2) is 12.2 Å². The summed E-state index contributed by atoms with van der Waals surface area (Å²) in [6.07, 6.45) is 1.91. The lowest BCUT2D eigenvalue weighted by molar-refractivity contribution is -0.140. The van der Waals surface area contributed by atoms with Gasteiger partial charge in [-0.1, -0.05) is 60.7 Å². The zero-order valence-corrected chi connectivity index (χ0v) is 16.0. The second kappa shape index (κ2) is 8.61. The molecule has 1 atom stereocenters. The largest absolute Gasteiger partial charge is 0.457 e. The van der Waals surface area contributed by atoms with Crippen LogP contribution in [0.5, 0.6) is 0 Å². The monoisotopic (exact) mass is 376 g/mol. The molecule has 0 amide bonds. The van der Waals surface area contributed by atoms with Gasteiger partial charge >= 0.3 is 5.97 Å². The Morgan fingerprint density at radius 1 is 1.15 bits per heavy atom. The number of benzene rings is 2. The molecule has 2 aromatic carbocycles. The summed E-state index contributed by atoms with van der Waals surface area (Å²) in [5, 5.41) is 13.7. The summed E-state index contributed by atoms with van der Waals surface area (Å²) < 4.78 is 5.58. The Balaban J connectivity index is 1.96. The van der Waals surface area contributed by atoms with Crippen LogP contribution in [0.2, 0.25) is 0 Å². The van der Waals surface area contributed by atoms with Gasteiger partial charge in [0, 0.05) is 5.70 Å². The van der Waals surface area contributed by atoms with E-state index in [1.54, 1.807) is 0 Å². The van der Waals surface area contributed by atoms with Crippen molar-refractivity contribution in [3.63, 3.8) is 0 Å². The number of dihydropyridines is 1. The molecule has 1 aliphatic rings. The van der Waals surface area contributed by atoms with Crippen molar-refractivity contribution >= 4 is 17.7 Å². The Morgan fingerprint density at radius 3 is 2.37 bits per heavy atom. The number of hydrogen-bond donors (Lipinski definition) is 1. The maximum Gasteiger partial charge on any atom is 0.337 e. The fourth-order valence-corrected chi connectivity index (χ4v) is 3.76. The molecule has 0 spiro atoms. The number of nitriles is 1.